The van der Waals surface area contributed by atoms with Crippen molar-refractivity contribution in [2.24, 2.45) is 5.41 Å². The zero-order chi connectivity index (χ0) is 37.1. The van der Waals surface area contributed by atoms with Crippen molar-refractivity contribution in [2.75, 3.05) is 7.11 Å². The maximum absolute atomic E-state index is 11.3. The van der Waals surface area contributed by atoms with Crippen LogP contribution in [0.3, 0.4) is 0 Å². The maximum Gasteiger partial charge on any atom is 0.319 e. The first kappa shape index (κ1) is 39.2. The molecule has 0 aliphatic carbocycles. The van der Waals surface area contributed by atoms with Crippen LogP contribution in [0.5, 0.6) is 11.5 Å². The van der Waals surface area contributed by atoms with Crippen LogP contribution in [-0.2, 0) is 11.3 Å². The Morgan fingerprint density at radius 1 is 0.784 bits per heavy atom. The highest BCUT2D eigenvalue weighted by atomic mass is 28.4. The third-order valence-corrected chi connectivity index (χ3v) is 14.1. The SMILES string of the molecule is C#C/C=C(C)/C=C/[C@@](C)(CC(C)(C)/C=C/C(O)c1ccc(O[Si](c2ccccc2)(c2ccccc2)C(C)(C)C)cc1)OCc1ccc(OC)cc1. The molecule has 4 aromatic carbocycles. The largest absolute Gasteiger partial charge is 0.534 e. The molecule has 4 aromatic rings. The molecule has 0 spiro atoms. The van der Waals surface area contributed by atoms with E-state index in [0.717, 1.165) is 28.2 Å². The predicted molar refractivity (Wildman–Crippen MR) is 215 cm³/mol. The quantitative estimate of drug-likeness (QED) is 0.0582. The van der Waals surface area contributed by atoms with Crippen molar-refractivity contribution in [3.63, 3.8) is 0 Å². The van der Waals surface area contributed by atoms with Gasteiger partial charge in [0.25, 0.3) is 0 Å². The lowest BCUT2D eigenvalue weighted by molar-refractivity contribution is -0.0284. The van der Waals surface area contributed by atoms with Gasteiger partial charge in [0, 0.05) is 0 Å². The minimum absolute atomic E-state index is 0.152. The van der Waals surface area contributed by atoms with Gasteiger partial charge in [-0.05, 0) is 88.1 Å². The van der Waals surface area contributed by atoms with Crippen molar-refractivity contribution in [1.82, 2.24) is 0 Å². The highest BCUT2D eigenvalue weighted by Gasteiger charge is 2.52. The molecule has 1 N–H and O–H groups in total. The molecule has 0 saturated heterocycles. The van der Waals surface area contributed by atoms with Gasteiger partial charge in [0.05, 0.1) is 25.4 Å². The number of aliphatic hydroxyl groups excluding tert-OH is 1. The van der Waals surface area contributed by atoms with Crippen molar-refractivity contribution < 1.29 is 19.0 Å². The smallest absolute Gasteiger partial charge is 0.319 e. The summed E-state index contributed by atoms with van der Waals surface area (Å²) in [6.45, 7) is 15.6. The Morgan fingerprint density at radius 3 is 1.84 bits per heavy atom. The number of ether oxygens (including phenoxy) is 2. The van der Waals surface area contributed by atoms with Gasteiger partial charge >= 0.3 is 8.32 Å². The van der Waals surface area contributed by atoms with Crippen LogP contribution < -0.4 is 19.5 Å². The van der Waals surface area contributed by atoms with Crippen molar-refractivity contribution in [3.8, 4) is 23.8 Å². The Hall–Kier alpha value is -4.60. The van der Waals surface area contributed by atoms with Gasteiger partial charge in [-0.1, -0.05) is 150 Å². The van der Waals surface area contributed by atoms with E-state index in [1.165, 1.54) is 10.4 Å². The van der Waals surface area contributed by atoms with E-state index in [9.17, 15) is 5.11 Å². The van der Waals surface area contributed by atoms with Crippen molar-refractivity contribution in [3.05, 3.63) is 156 Å². The summed E-state index contributed by atoms with van der Waals surface area (Å²) in [5.41, 5.74) is 1.91. The van der Waals surface area contributed by atoms with E-state index in [4.69, 9.17) is 20.3 Å². The second kappa shape index (κ2) is 17.1. The maximum atomic E-state index is 11.3. The van der Waals surface area contributed by atoms with Gasteiger partial charge in [0.1, 0.15) is 11.5 Å². The first-order valence-electron chi connectivity index (χ1n) is 17.6. The Bertz CT molecular complexity index is 1770. The van der Waals surface area contributed by atoms with Crippen LogP contribution in [0, 0.1) is 17.8 Å². The van der Waals surface area contributed by atoms with Crippen LogP contribution in [0.1, 0.15) is 72.1 Å². The zero-order valence-electron chi connectivity index (χ0n) is 31.5. The van der Waals surface area contributed by atoms with Crippen LogP contribution in [0.25, 0.3) is 0 Å². The van der Waals surface area contributed by atoms with Crippen LogP contribution in [0.4, 0.5) is 0 Å². The molecule has 4 rings (SSSR count). The molecular weight excluding hydrogens is 645 g/mol. The number of hydrogen-bond donors (Lipinski definition) is 1. The molecule has 51 heavy (non-hydrogen) atoms. The van der Waals surface area contributed by atoms with Crippen molar-refractivity contribution in [2.45, 2.75) is 78.2 Å². The van der Waals surface area contributed by atoms with Gasteiger partial charge in [-0.25, -0.2) is 0 Å². The molecule has 5 heteroatoms. The van der Waals surface area contributed by atoms with Gasteiger partial charge in [-0.15, -0.1) is 6.42 Å². The summed E-state index contributed by atoms with van der Waals surface area (Å²) in [6, 6.07) is 37.0. The third kappa shape index (κ3) is 10.5. The molecule has 0 bridgehead atoms. The van der Waals surface area contributed by atoms with Gasteiger partial charge < -0.3 is 19.0 Å². The van der Waals surface area contributed by atoms with E-state index in [1.807, 2.05) is 79.7 Å². The standard InChI is InChI=1S/C46H54O4Si/c1-10-17-36(2)30-33-46(8,49-34-37-22-26-39(48-9)27-23-37)35-45(6,7)32-31-43(47)38-24-28-40(29-25-38)50-51(44(3,4)5,41-18-13-11-14-19-41)42-20-15-12-16-21-42/h1,11-33,43,47H,34-35H2,2-9H3/b32-31+,33-30+,36-17+/t43?,46-/m0/s1. The number of benzene rings is 4. The lowest BCUT2D eigenvalue weighted by Crippen LogP contribution is -2.68. The Balaban J connectivity index is 1.54. The fraction of sp³-hybridized carbons (Fsp3) is 0.304. The number of hydrogen-bond acceptors (Lipinski definition) is 4. The third-order valence-electron chi connectivity index (χ3n) is 9.18. The second-order valence-corrected chi connectivity index (χ2v) is 19.4. The summed E-state index contributed by atoms with van der Waals surface area (Å²) in [6.07, 6.45) is 15.2. The van der Waals surface area contributed by atoms with E-state index in [2.05, 4.69) is 108 Å². The van der Waals surface area contributed by atoms with Gasteiger partial charge in [0.15, 0.2) is 0 Å². The molecule has 0 radical (unpaired) electrons. The molecule has 0 amide bonds. The number of methoxy groups -OCH3 is 1. The van der Waals surface area contributed by atoms with Crippen LogP contribution in [0.15, 0.2) is 145 Å². The minimum atomic E-state index is -2.76. The van der Waals surface area contributed by atoms with E-state index < -0.39 is 20.0 Å². The van der Waals surface area contributed by atoms with Crippen molar-refractivity contribution in [1.29, 1.82) is 0 Å². The molecular formula is C46H54O4Si. The fourth-order valence-corrected chi connectivity index (χ4v) is 11.0. The number of terminal acetylenes is 1. The molecule has 0 saturated carbocycles. The molecule has 2 atom stereocenters. The summed E-state index contributed by atoms with van der Waals surface area (Å²) < 4.78 is 19.0. The highest BCUT2D eigenvalue weighted by molar-refractivity contribution is 7.00. The van der Waals surface area contributed by atoms with Gasteiger partial charge in [0.2, 0.25) is 0 Å². The molecule has 266 valence electrons. The molecule has 1 unspecified atom stereocenters. The first-order valence-corrected chi connectivity index (χ1v) is 19.5. The summed E-state index contributed by atoms with van der Waals surface area (Å²) >= 11 is 0. The monoisotopic (exact) mass is 698 g/mol. The molecule has 0 fully saturated rings. The van der Waals surface area contributed by atoms with Gasteiger partial charge in [-0.3, -0.25) is 0 Å². The normalized spacial score (nSPS) is 14.6. The van der Waals surface area contributed by atoms with Crippen LogP contribution in [0.2, 0.25) is 5.04 Å². The summed E-state index contributed by atoms with van der Waals surface area (Å²) in [5, 5.41) is 13.6. The Kier molecular flexibility index (Phi) is 13.1. The Labute approximate surface area is 307 Å². The summed E-state index contributed by atoms with van der Waals surface area (Å²) in [5.74, 6) is 4.19. The van der Waals surface area contributed by atoms with Crippen molar-refractivity contribution >= 4 is 18.7 Å². The number of allylic oxidation sites excluding steroid dienone is 4. The van der Waals surface area contributed by atoms with Gasteiger partial charge in [-0.2, -0.15) is 0 Å². The van der Waals surface area contributed by atoms with E-state index in [1.54, 1.807) is 13.2 Å². The topological polar surface area (TPSA) is 47.9 Å². The molecule has 0 aliphatic heterocycles. The van der Waals surface area contributed by atoms with E-state index >= 15 is 0 Å². The molecule has 4 nitrogen and oxygen atoms in total. The van der Waals surface area contributed by atoms with Crippen LogP contribution in [-0.4, -0.2) is 26.1 Å². The average molecular weight is 699 g/mol. The fourth-order valence-electron chi connectivity index (χ4n) is 6.60. The summed E-state index contributed by atoms with van der Waals surface area (Å²) in [4.78, 5) is 0. The lowest BCUT2D eigenvalue weighted by atomic mass is 9.79. The average Bonchev–Trinajstić information content (AvgIpc) is 3.12. The van der Waals surface area contributed by atoms with Crippen LogP contribution >= 0.6 is 0 Å². The zero-order valence-corrected chi connectivity index (χ0v) is 32.5. The Morgan fingerprint density at radius 2 is 1.33 bits per heavy atom. The van der Waals surface area contributed by atoms with E-state index in [-0.39, 0.29) is 10.5 Å². The number of rotatable bonds is 15. The first-order chi connectivity index (χ1) is 24.2. The minimum Gasteiger partial charge on any atom is -0.534 e. The molecule has 0 heterocycles. The second-order valence-electron chi connectivity index (χ2n) is 15.1. The molecule has 0 aromatic heterocycles. The number of aliphatic hydroxyl groups is 1. The lowest BCUT2D eigenvalue weighted by Gasteiger charge is -2.43. The predicted octanol–water partition coefficient (Wildman–Crippen LogP) is 9.75. The van der Waals surface area contributed by atoms with E-state index in [0.29, 0.717) is 13.0 Å². The highest BCUT2D eigenvalue weighted by Crippen LogP contribution is 2.38. The molecule has 0 aliphatic rings. The summed E-state index contributed by atoms with van der Waals surface area (Å²) in [7, 11) is -1.10.